The standard InChI is InChI=1S/C20H24BrNO4/c1-3-22(20(24)26-14-15-8-6-5-7-9-15)13-17-12-16(10-11-18(17)21)19(23)25-4-2/h5-12,20,24H,3-4,13-14H2,1-2H3. The van der Waals surface area contributed by atoms with Crippen LogP contribution in [0.3, 0.4) is 0 Å². The molecule has 0 amide bonds. The van der Waals surface area contributed by atoms with E-state index in [0.29, 0.717) is 31.9 Å². The summed E-state index contributed by atoms with van der Waals surface area (Å²) in [6.07, 6.45) is -1.04. The molecule has 0 saturated heterocycles. The molecule has 2 aromatic carbocycles. The molecule has 2 rings (SSSR count). The first-order chi connectivity index (χ1) is 12.5. The average Bonchev–Trinajstić information content (AvgIpc) is 2.66. The fraction of sp³-hybridized carbons (Fsp3) is 0.350. The fourth-order valence-corrected chi connectivity index (χ4v) is 2.82. The molecule has 0 aliphatic heterocycles. The van der Waals surface area contributed by atoms with Gasteiger partial charge in [0.2, 0.25) is 6.41 Å². The lowest BCUT2D eigenvalue weighted by molar-refractivity contribution is -0.202. The van der Waals surface area contributed by atoms with E-state index in [-0.39, 0.29) is 5.97 Å². The Labute approximate surface area is 162 Å². The van der Waals surface area contributed by atoms with Crippen LogP contribution in [0.2, 0.25) is 0 Å². The Hall–Kier alpha value is -1.73. The number of carbonyl (C=O) groups is 1. The number of aliphatic hydroxyl groups excluding tert-OH is 1. The van der Waals surface area contributed by atoms with Gasteiger partial charge in [0.05, 0.1) is 18.8 Å². The third-order valence-corrected chi connectivity index (χ3v) is 4.66. The van der Waals surface area contributed by atoms with Crippen LogP contribution in [0.15, 0.2) is 53.0 Å². The highest BCUT2D eigenvalue weighted by Crippen LogP contribution is 2.22. The van der Waals surface area contributed by atoms with E-state index in [1.165, 1.54) is 0 Å². The van der Waals surface area contributed by atoms with Gasteiger partial charge < -0.3 is 14.6 Å². The highest BCUT2D eigenvalue weighted by atomic mass is 79.9. The minimum atomic E-state index is -1.04. The molecule has 6 heteroatoms. The molecule has 1 atom stereocenters. The van der Waals surface area contributed by atoms with Gasteiger partial charge in [0.25, 0.3) is 0 Å². The summed E-state index contributed by atoms with van der Waals surface area (Å²) in [6.45, 7) is 5.39. The quantitative estimate of drug-likeness (QED) is 0.490. The SMILES string of the molecule is CCOC(=O)c1ccc(Br)c(CN(CC)C(O)OCc2ccccc2)c1. The molecule has 0 heterocycles. The monoisotopic (exact) mass is 421 g/mol. The normalized spacial score (nSPS) is 12.2. The van der Waals surface area contributed by atoms with Crippen molar-refractivity contribution in [3.8, 4) is 0 Å². The lowest BCUT2D eigenvalue weighted by atomic mass is 10.1. The van der Waals surface area contributed by atoms with Gasteiger partial charge in [-0.1, -0.05) is 53.2 Å². The molecule has 5 nitrogen and oxygen atoms in total. The highest BCUT2D eigenvalue weighted by molar-refractivity contribution is 9.10. The first-order valence-corrected chi connectivity index (χ1v) is 9.37. The molecule has 140 valence electrons. The smallest absolute Gasteiger partial charge is 0.338 e. The van der Waals surface area contributed by atoms with Gasteiger partial charge in [-0.25, -0.2) is 4.79 Å². The van der Waals surface area contributed by atoms with Crippen LogP contribution in [0.25, 0.3) is 0 Å². The number of rotatable bonds is 9. The summed E-state index contributed by atoms with van der Waals surface area (Å²) in [6, 6.07) is 15.0. The molecule has 0 fully saturated rings. The highest BCUT2D eigenvalue weighted by Gasteiger charge is 2.18. The van der Waals surface area contributed by atoms with Crippen molar-refractivity contribution in [1.82, 2.24) is 4.90 Å². The Morgan fingerprint density at radius 3 is 2.58 bits per heavy atom. The van der Waals surface area contributed by atoms with Gasteiger partial charge in [-0.2, -0.15) is 0 Å². The molecule has 0 radical (unpaired) electrons. The molecule has 0 saturated carbocycles. The number of benzene rings is 2. The summed E-state index contributed by atoms with van der Waals surface area (Å²) in [5.41, 5.74) is 2.36. The van der Waals surface area contributed by atoms with Gasteiger partial charge in [-0.3, -0.25) is 4.90 Å². The largest absolute Gasteiger partial charge is 0.462 e. The Kier molecular flexibility index (Phi) is 8.25. The number of esters is 1. The van der Waals surface area contributed by atoms with Gasteiger partial charge in [0.15, 0.2) is 0 Å². The van der Waals surface area contributed by atoms with Crippen LogP contribution in [-0.2, 0) is 22.6 Å². The number of halogens is 1. The van der Waals surface area contributed by atoms with Crippen molar-refractivity contribution in [3.63, 3.8) is 0 Å². The minimum Gasteiger partial charge on any atom is -0.462 e. The Morgan fingerprint density at radius 1 is 1.19 bits per heavy atom. The zero-order valence-corrected chi connectivity index (χ0v) is 16.6. The van der Waals surface area contributed by atoms with Crippen molar-refractivity contribution in [2.45, 2.75) is 33.4 Å². The number of carbonyl (C=O) groups excluding carboxylic acids is 1. The number of hydrogen-bond acceptors (Lipinski definition) is 5. The van der Waals surface area contributed by atoms with Crippen LogP contribution < -0.4 is 0 Å². The number of hydrogen-bond donors (Lipinski definition) is 1. The molecule has 1 unspecified atom stereocenters. The number of ether oxygens (including phenoxy) is 2. The van der Waals surface area contributed by atoms with Gasteiger partial charge in [0, 0.05) is 17.6 Å². The molecular weight excluding hydrogens is 398 g/mol. The van der Waals surface area contributed by atoms with E-state index in [4.69, 9.17) is 9.47 Å². The van der Waals surface area contributed by atoms with Crippen LogP contribution in [-0.4, -0.2) is 35.5 Å². The maximum Gasteiger partial charge on any atom is 0.338 e. The van der Waals surface area contributed by atoms with Crippen LogP contribution in [0, 0.1) is 0 Å². The minimum absolute atomic E-state index is 0.322. The molecule has 0 spiro atoms. The summed E-state index contributed by atoms with van der Waals surface area (Å²) in [5.74, 6) is -0.356. The van der Waals surface area contributed by atoms with Gasteiger partial charge >= 0.3 is 5.97 Å². The van der Waals surface area contributed by atoms with E-state index in [0.717, 1.165) is 15.6 Å². The lowest BCUT2D eigenvalue weighted by Crippen LogP contribution is -2.36. The predicted molar refractivity (Wildman–Crippen MR) is 103 cm³/mol. The van der Waals surface area contributed by atoms with Gasteiger partial charge in [-0.15, -0.1) is 0 Å². The Morgan fingerprint density at radius 2 is 1.92 bits per heavy atom. The molecule has 0 aromatic heterocycles. The number of nitrogens with zero attached hydrogens (tertiary/aromatic N) is 1. The van der Waals surface area contributed by atoms with E-state index in [1.54, 1.807) is 24.0 Å². The van der Waals surface area contributed by atoms with Crippen molar-refractivity contribution < 1.29 is 19.4 Å². The third kappa shape index (κ3) is 5.92. The molecular formula is C20H24BrNO4. The Balaban J connectivity index is 2.03. The molecule has 1 N–H and O–H groups in total. The van der Waals surface area contributed by atoms with Crippen molar-refractivity contribution in [3.05, 3.63) is 69.7 Å². The molecule has 26 heavy (non-hydrogen) atoms. The van der Waals surface area contributed by atoms with Crippen LogP contribution in [0.5, 0.6) is 0 Å². The zero-order chi connectivity index (χ0) is 18.9. The summed E-state index contributed by atoms with van der Waals surface area (Å²) in [5, 5.41) is 10.4. The molecule has 0 bridgehead atoms. The molecule has 2 aromatic rings. The van der Waals surface area contributed by atoms with E-state index in [2.05, 4.69) is 15.9 Å². The van der Waals surface area contributed by atoms with Crippen LogP contribution in [0.4, 0.5) is 0 Å². The Bertz CT molecular complexity index is 708. The van der Waals surface area contributed by atoms with E-state index >= 15 is 0 Å². The van der Waals surface area contributed by atoms with Crippen molar-refractivity contribution in [2.24, 2.45) is 0 Å². The second-order valence-electron chi connectivity index (χ2n) is 5.71. The van der Waals surface area contributed by atoms with Crippen molar-refractivity contribution in [2.75, 3.05) is 13.2 Å². The summed E-state index contributed by atoms with van der Waals surface area (Å²) < 4.78 is 11.5. The summed E-state index contributed by atoms with van der Waals surface area (Å²) in [7, 11) is 0. The maximum atomic E-state index is 11.9. The van der Waals surface area contributed by atoms with E-state index in [9.17, 15) is 9.90 Å². The van der Waals surface area contributed by atoms with Gasteiger partial charge in [-0.05, 0) is 36.2 Å². The summed E-state index contributed by atoms with van der Waals surface area (Å²) in [4.78, 5) is 13.7. The first-order valence-electron chi connectivity index (χ1n) is 8.58. The fourth-order valence-electron chi connectivity index (χ4n) is 2.45. The van der Waals surface area contributed by atoms with Crippen molar-refractivity contribution >= 4 is 21.9 Å². The number of aliphatic hydroxyl groups is 1. The maximum absolute atomic E-state index is 11.9. The predicted octanol–water partition coefficient (Wildman–Crippen LogP) is 3.94. The van der Waals surface area contributed by atoms with E-state index < -0.39 is 6.41 Å². The topological polar surface area (TPSA) is 59.0 Å². The van der Waals surface area contributed by atoms with Crippen molar-refractivity contribution in [1.29, 1.82) is 0 Å². The van der Waals surface area contributed by atoms with E-state index in [1.807, 2.05) is 43.3 Å². The molecule has 0 aliphatic carbocycles. The lowest BCUT2D eigenvalue weighted by Gasteiger charge is -2.27. The first kappa shape index (κ1) is 20.6. The van der Waals surface area contributed by atoms with Crippen LogP contribution in [0.1, 0.15) is 35.3 Å². The molecule has 0 aliphatic rings. The zero-order valence-electron chi connectivity index (χ0n) is 15.0. The average molecular weight is 422 g/mol. The third-order valence-electron chi connectivity index (χ3n) is 3.89. The summed E-state index contributed by atoms with van der Waals surface area (Å²) >= 11 is 3.50. The van der Waals surface area contributed by atoms with Gasteiger partial charge in [0.1, 0.15) is 0 Å². The van der Waals surface area contributed by atoms with Crippen LogP contribution >= 0.6 is 15.9 Å². The second kappa shape index (κ2) is 10.4. The second-order valence-corrected chi connectivity index (χ2v) is 6.57.